The fourth-order valence-corrected chi connectivity index (χ4v) is 4.87. The lowest BCUT2D eigenvalue weighted by molar-refractivity contribution is -0.145. The highest BCUT2D eigenvalue weighted by Crippen LogP contribution is 2.57. The van der Waals surface area contributed by atoms with Crippen molar-refractivity contribution in [2.24, 2.45) is 11.1 Å². The van der Waals surface area contributed by atoms with Gasteiger partial charge in [0.05, 0.1) is 19.8 Å². The highest BCUT2D eigenvalue weighted by atomic mass is 16.5. The van der Waals surface area contributed by atoms with Gasteiger partial charge in [-0.15, -0.1) is 0 Å². The van der Waals surface area contributed by atoms with Crippen LogP contribution in [0.2, 0.25) is 0 Å². The van der Waals surface area contributed by atoms with Crippen LogP contribution in [-0.4, -0.2) is 44.5 Å². The summed E-state index contributed by atoms with van der Waals surface area (Å²) in [5.41, 5.74) is 4.71. The van der Waals surface area contributed by atoms with Gasteiger partial charge in [0, 0.05) is 24.1 Å². The van der Waals surface area contributed by atoms with Gasteiger partial charge in [-0.05, 0) is 11.5 Å². The maximum absolute atomic E-state index is 13.6. The molecule has 32 heavy (non-hydrogen) atoms. The van der Waals surface area contributed by atoms with E-state index < -0.39 is 28.7 Å². The van der Waals surface area contributed by atoms with Crippen molar-refractivity contribution in [1.82, 2.24) is 0 Å². The second kappa shape index (κ2) is 7.22. The molecule has 0 bridgehead atoms. The highest BCUT2D eigenvalue weighted by molar-refractivity contribution is 6.18. The minimum atomic E-state index is -1.87. The Hall–Kier alpha value is -3.62. The third kappa shape index (κ3) is 2.84. The lowest BCUT2D eigenvalue weighted by Gasteiger charge is -2.41. The Morgan fingerprint density at radius 2 is 1.81 bits per heavy atom. The molecule has 4 rings (SSSR count). The molecule has 0 saturated heterocycles. The van der Waals surface area contributed by atoms with Gasteiger partial charge in [0.1, 0.15) is 23.7 Å². The number of nitrogens with zero attached hydrogens (tertiary/aromatic N) is 1. The Balaban J connectivity index is 2.08. The molecule has 2 N–H and O–H groups in total. The standard InChI is InChI=1S/C23H24N2O7/c1-22(2)9-14(26)17-15(10-22)32-21(29)23(17)12-7-5-6-8-13(12)25(11-16(27)30-3)19(24)18(23)20(28)31-4/h5-8H,9-11,24H2,1-4H3/t23-/m1/s1. The molecule has 1 atom stereocenters. The van der Waals surface area contributed by atoms with Crippen molar-refractivity contribution >= 4 is 29.4 Å². The third-order valence-corrected chi connectivity index (χ3v) is 6.16. The molecular weight excluding hydrogens is 416 g/mol. The molecule has 0 aromatic heterocycles. The minimum absolute atomic E-state index is 0.107. The van der Waals surface area contributed by atoms with Crippen LogP contribution in [-0.2, 0) is 38.8 Å². The van der Waals surface area contributed by atoms with E-state index in [4.69, 9.17) is 19.9 Å². The van der Waals surface area contributed by atoms with Crippen LogP contribution < -0.4 is 10.6 Å². The number of anilines is 1. The number of nitrogens with two attached hydrogens (primary N) is 1. The number of hydrogen-bond acceptors (Lipinski definition) is 9. The summed E-state index contributed by atoms with van der Waals surface area (Å²) in [7, 11) is 2.39. The SMILES string of the molecule is COC(=O)CN1C(N)=C(C(=O)OC)[C@@]2(C(=O)OC3=C2C(=O)CC(C)(C)C3)c2ccccc21. The molecule has 0 saturated carbocycles. The third-order valence-electron chi connectivity index (χ3n) is 6.16. The number of rotatable bonds is 3. The van der Waals surface area contributed by atoms with Crippen molar-refractivity contribution < 1.29 is 33.4 Å². The summed E-state index contributed by atoms with van der Waals surface area (Å²) in [5.74, 6) is -2.52. The average molecular weight is 440 g/mol. The number of carbonyl (C=O) groups is 4. The molecule has 9 heteroatoms. The first-order valence-corrected chi connectivity index (χ1v) is 10.1. The quantitative estimate of drug-likeness (QED) is 0.549. The number of methoxy groups -OCH3 is 2. The van der Waals surface area contributed by atoms with Gasteiger partial charge >= 0.3 is 17.9 Å². The number of Topliss-reactive ketones (excluding diaryl/α,β-unsaturated/α-hetero) is 1. The van der Waals surface area contributed by atoms with Crippen LogP contribution in [0.3, 0.4) is 0 Å². The number of allylic oxidation sites excluding steroid dienone is 1. The molecule has 1 spiro atoms. The van der Waals surface area contributed by atoms with Crippen molar-refractivity contribution in [3.05, 3.63) is 52.6 Å². The van der Waals surface area contributed by atoms with Crippen molar-refractivity contribution in [2.75, 3.05) is 25.7 Å². The van der Waals surface area contributed by atoms with Crippen molar-refractivity contribution in [2.45, 2.75) is 32.1 Å². The van der Waals surface area contributed by atoms with Gasteiger partial charge in [0.15, 0.2) is 11.2 Å². The van der Waals surface area contributed by atoms with E-state index in [1.807, 2.05) is 13.8 Å². The van der Waals surface area contributed by atoms with E-state index in [1.165, 1.54) is 12.0 Å². The first kappa shape index (κ1) is 21.6. The van der Waals surface area contributed by atoms with Gasteiger partial charge in [-0.2, -0.15) is 0 Å². The summed E-state index contributed by atoms with van der Waals surface area (Å²) in [6.07, 6.45) is 0.524. The maximum Gasteiger partial charge on any atom is 0.339 e. The molecule has 168 valence electrons. The van der Waals surface area contributed by atoms with Crippen LogP contribution >= 0.6 is 0 Å². The largest absolute Gasteiger partial charge is 0.468 e. The van der Waals surface area contributed by atoms with Gasteiger partial charge in [-0.1, -0.05) is 32.0 Å². The number of ether oxygens (including phenoxy) is 3. The van der Waals surface area contributed by atoms with Gasteiger partial charge in [0.25, 0.3) is 0 Å². The number of carbonyl (C=O) groups excluding carboxylic acids is 4. The Bertz CT molecular complexity index is 1130. The van der Waals surface area contributed by atoms with Crippen LogP contribution in [0.4, 0.5) is 5.69 Å². The van der Waals surface area contributed by atoms with E-state index in [2.05, 4.69) is 0 Å². The van der Waals surface area contributed by atoms with E-state index in [9.17, 15) is 19.2 Å². The molecule has 1 aromatic carbocycles. The minimum Gasteiger partial charge on any atom is -0.468 e. The summed E-state index contributed by atoms with van der Waals surface area (Å²) >= 11 is 0. The zero-order chi connectivity index (χ0) is 23.4. The molecule has 3 aliphatic rings. The van der Waals surface area contributed by atoms with Crippen LogP contribution in [0, 0.1) is 5.41 Å². The number of esters is 3. The van der Waals surface area contributed by atoms with Crippen LogP contribution in [0.15, 0.2) is 47.0 Å². The molecule has 0 amide bonds. The molecule has 0 radical (unpaired) electrons. The molecular formula is C23H24N2O7. The Morgan fingerprint density at radius 1 is 1.12 bits per heavy atom. The predicted octanol–water partition coefficient (Wildman–Crippen LogP) is 1.46. The average Bonchev–Trinajstić information content (AvgIpc) is 3.01. The predicted molar refractivity (Wildman–Crippen MR) is 112 cm³/mol. The van der Waals surface area contributed by atoms with Crippen LogP contribution in [0.1, 0.15) is 32.3 Å². The van der Waals surface area contributed by atoms with Gasteiger partial charge < -0.3 is 24.8 Å². The normalized spacial score (nSPS) is 23.7. The monoisotopic (exact) mass is 440 g/mol. The van der Waals surface area contributed by atoms with Gasteiger partial charge in [-0.25, -0.2) is 9.59 Å². The number of ketones is 1. The fourth-order valence-electron chi connectivity index (χ4n) is 4.87. The molecule has 1 aromatic rings. The van der Waals surface area contributed by atoms with Crippen molar-refractivity contribution in [1.29, 1.82) is 0 Å². The zero-order valence-corrected chi connectivity index (χ0v) is 18.3. The molecule has 9 nitrogen and oxygen atoms in total. The molecule has 2 aliphatic heterocycles. The summed E-state index contributed by atoms with van der Waals surface area (Å²) in [6, 6.07) is 6.66. The lowest BCUT2D eigenvalue weighted by Crippen LogP contribution is -2.51. The van der Waals surface area contributed by atoms with E-state index in [1.54, 1.807) is 24.3 Å². The van der Waals surface area contributed by atoms with E-state index >= 15 is 0 Å². The number of benzene rings is 1. The Kier molecular flexibility index (Phi) is 4.87. The maximum atomic E-state index is 13.6. The number of para-hydroxylation sites is 1. The smallest absolute Gasteiger partial charge is 0.339 e. The van der Waals surface area contributed by atoms with Gasteiger partial charge in [-0.3, -0.25) is 9.59 Å². The van der Waals surface area contributed by atoms with E-state index in [0.717, 1.165) is 7.11 Å². The van der Waals surface area contributed by atoms with Crippen LogP contribution in [0.25, 0.3) is 0 Å². The first-order valence-electron chi connectivity index (χ1n) is 10.1. The van der Waals surface area contributed by atoms with E-state index in [-0.39, 0.29) is 41.5 Å². The summed E-state index contributed by atoms with van der Waals surface area (Å²) in [5, 5.41) is 0. The number of fused-ring (bicyclic) bond motifs is 3. The summed E-state index contributed by atoms with van der Waals surface area (Å²) in [6.45, 7) is 3.51. The molecule has 2 heterocycles. The number of hydrogen-bond donors (Lipinski definition) is 1. The summed E-state index contributed by atoms with van der Waals surface area (Å²) in [4.78, 5) is 53.5. The fraction of sp³-hybridized carbons (Fsp3) is 0.391. The topological polar surface area (TPSA) is 125 Å². The molecule has 0 unspecified atom stereocenters. The van der Waals surface area contributed by atoms with Crippen molar-refractivity contribution in [3.63, 3.8) is 0 Å². The second-order valence-electron chi connectivity index (χ2n) is 8.81. The molecule has 1 aliphatic carbocycles. The second-order valence-corrected chi connectivity index (χ2v) is 8.81. The van der Waals surface area contributed by atoms with E-state index in [0.29, 0.717) is 17.7 Å². The highest BCUT2D eigenvalue weighted by Gasteiger charge is 2.64. The van der Waals surface area contributed by atoms with Gasteiger partial charge in [0.2, 0.25) is 0 Å². The van der Waals surface area contributed by atoms with Crippen LogP contribution in [0.5, 0.6) is 0 Å². The Morgan fingerprint density at radius 3 is 2.47 bits per heavy atom. The Labute approximate surface area is 184 Å². The zero-order valence-electron chi connectivity index (χ0n) is 18.3. The van der Waals surface area contributed by atoms with Crippen molar-refractivity contribution in [3.8, 4) is 0 Å². The first-order chi connectivity index (χ1) is 15.1. The lowest BCUT2D eigenvalue weighted by atomic mass is 9.62. The molecule has 0 fully saturated rings. The summed E-state index contributed by atoms with van der Waals surface area (Å²) < 4.78 is 15.4.